The second-order valence-corrected chi connectivity index (χ2v) is 6.69. The van der Waals surface area contributed by atoms with Crippen LogP contribution in [-0.4, -0.2) is 12.5 Å². The minimum Gasteiger partial charge on any atom is -0.489 e. The van der Waals surface area contributed by atoms with Crippen LogP contribution in [0.15, 0.2) is 72.8 Å². The zero-order valence-electron chi connectivity index (χ0n) is 16.3. The fraction of sp³-hybridized carbons (Fsp3) is 0.167. The molecule has 0 radical (unpaired) electrons. The first-order chi connectivity index (χ1) is 14.1. The Morgan fingerprint density at radius 3 is 2.69 bits per heavy atom. The number of nitrogens with zero attached hydrogens (tertiary/aromatic N) is 1. The highest BCUT2D eigenvalue weighted by atomic mass is 16.5. The lowest BCUT2D eigenvalue weighted by Crippen LogP contribution is -2.29. The number of anilines is 1. The molecule has 0 aromatic heterocycles. The van der Waals surface area contributed by atoms with Crippen LogP contribution < -0.4 is 15.4 Å². The SMILES string of the molecule is Cc1ccccc1CNC(=O)CNc1cccc(OCc2cccc(C#N)c2)c1. The Morgan fingerprint density at radius 1 is 1.03 bits per heavy atom. The van der Waals surface area contributed by atoms with Gasteiger partial charge in [0.25, 0.3) is 0 Å². The summed E-state index contributed by atoms with van der Waals surface area (Å²) >= 11 is 0. The molecule has 146 valence electrons. The molecule has 2 N–H and O–H groups in total. The summed E-state index contributed by atoms with van der Waals surface area (Å²) in [5.41, 5.74) is 4.61. The summed E-state index contributed by atoms with van der Waals surface area (Å²) in [6.45, 7) is 3.09. The van der Waals surface area contributed by atoms with Gasteiger partial charge in [-0.25, -0.2) is 0 Å². The minimum absolute atomic E-state index is 0.0760. The Balaban J connectivity index is 1.48. The molecule has 0 atom stereocenters. The smallest absolute Gasteiger partial charge is 0.239 e. The highest BCUT2D eigenvalue weighted by molar-refractivity contribution is 5.80. The Morgan fingerprint density at radius 2 is 1.86 bits per heavy atom. The number of benzene rings is 3. The highest BCUT2D eigenvalue weighted by Gasteiger charge is 2.04. The summed E-state index contributed by atoms with van der Waals surface area (Å²) in [6, 6.07) is 24.9. The van der Waals surface area contributed by atoms with Crippen LogP contribution in [0.2, 0.25) is 0 Å². The molecule has 5 nitrogen and oxygen atoms in total. The molecular weight excluding hydrogens is 362 g/mol. The molecule has 0 heterocycles. The van der Waals surface area contributed by atoms with Crippen LogP contribution in [0.4, 0.5) is 5.69 Å². The first-order valence-corrected chi connectivity index (χ1v) is 9.41. The Kier molecular flexibility index (Phi) is 6.85. The van der Waals surface area contributed by atoms with Crippen molar-refractivity contribution in [3.63, 3.8) is 0 Å². The number of carbonyl (C=O) groups is 1. The molecule has 3 rings (SSSR count). The van der Waals surface area contributed by atoms with Crippen molar-refractivity contribution in [1.29, 1.82) is 5.26 Å². The third-order valence-electron chi connectivity index (χ3n) is 4.49. The number of carbonyl (C=O) groups excluding carboxylic acids is 1. The van der Waals surface area contributed by atoms with Gasteiger partial charge < -0.3 is 15.4 Å². The van der Waals surface area contributed by atoms with Crippen molar-refractivity contribution in [3.8, 4) is 11.8 Å². The molecule has 5 heteroatoms. The number of amides is 1. The first-order valence-electron chi connectivity index (χ1n) is 9.41. The predicted octanol–water partition coefficient (Wildman–Crippen LogP) is 4.17. The summed E-state index contributed by atoms with van der Waals surface area (Å²) in [5, 5.41) is 15.0. The van der Waals surface area contributed by atoms with E-state index in [0.29, 0.717) is 24.5 Å². The van der Waals surface area contributed by atoms with Gasteiger partial charge in [0.05, 0.1) is 18.2 Å². The van der Waals surface area contributed by atoms with Crippen LogP contribution in [0.3, 0.4) is 0 Å². The molecule has 0 unspecified atom stereocenters. The van der Waals surface area contributed by atoms with Crippen molar-refractivity contribution in [2.75, 3.05) is 11.9 Å². The predicted molar refractivity (Wildman–Crippen MR) is 113 cm³/mol. The first kappa shape index (κ1) is 20.0. The van der Waals surface area contributed by atoms with Gasteiger partial charge in [-0.15, -0.1) is 0 Å². The second-order valence-electron chi connectivity index (χ2n) is 6.69. The van der Waals surface area contributed by atoms with Crippen LogP contribution in [0.5, 0.6) is 5.75 Å². The van der Waals surface area contributed by atoms with Crippen molar-refractivity contribution in [3.05, 3.63) is 95.1 Å². The Hall–Kier alpha value is -3.78. The molecule has 0 aliphatic heterocycles. The van der Waals surface area contributed by atoms with E-state index in [1.54, 1.807) is 12.1 Å². The zero-order valence-corrected chi connectivity index (χ0v) is 16.3. The minimum atomic E-state index is -0.0760. The fourth-order valence-electron chi connectivity index (χ4n) is 2.84. The van der Waals surface area contributed by atoms with Gasteiger partial charge in [0, 0.05) is 18.3 Å². The molecular formula is C24H23N3O2. The Bertz CT molecular complexity index is 1020. The summed E-state index contributed by atoms with van der Waals surface area (Å²) < 4.78 is 5.81. The van der Waals surface area contributed by atoms with E-state index in [1.807, 2.05) is 67.6 Å². The average Bonchev–Trinajstić information content (AvgIpc) is 2.76. The number of rotatable bonds is 8. The van der Waals surface area contributed by atoms with Crippen LogP contribution in [0.1, 0.15) is 22.3 Å². The van der Waals surface area contributed by atoms with Crippen molar-refractivity contribution >= 4 is 11.6 Å². The van der Waals surface area contributed by atoms with E-state index in [-0.39, 0.29) is 12.5 Å². The van der Waals surface area contributed by atoms with Crippen LogP contribution >= 0.6 is 0 Å². The van der Waals surface area contributed by atoms with E-state index in [1.165, 1.54) is 0 Å². The molecule has 0 aliphatic carbocycles. The maximum atomic E-state index is 12.1. The normalized spacial score (nSPS) is 10.1. The maximum absolute atomic E-state index is 12.1. The molecule has 0 fully saturated rings. The highest BCUT2D eigenvalue weighted by Crippen LogP contribution is 2.19. The monoisotopic (exact) mass is 385 g/mol. The van der Waals surface area contributed by atoms with Crippen LogP contribution in [0, 0.1) is 18.3 Å². The van der Waals surface area contributed by atoms with Gasteiger partial charge in [0.15, 0.2) is 0 Å². The lowest BCUT2D eigenvalue weighted by atomic mass is 10.1. The molecule has 0 saturated carbocycles. The van der Waals surface area contributed by atoms with Crippen molar-refractivity contribution in [1.82, 2.24) is 5.32 Å². The second kappa shape index (κ2) is 9.95. The summed E-state index contributed by atoms with van der Waals surface area (Å²) in [6.07, 6.45) is 0. The molecule has 1 amide bonds. The molecule has 29 heavy (non-hydrogen) atoms. The number of nitriles is 1. The van der Waals surface area contributed by atoms with Crippen molar-refractivity contribution in [2.24, 2.45) is 0 Å². The van der Waals surface area contributed by atoms with Gasteiger partial charge in [-0.1, -0.05) is 42.5 Å². The number of ether oxygens (including phenoxy) is 1. The van der Waals surface area contributed by atoms with Gasteiger partial charge in [-0.2, -0.15) is 5.26 Å². The number of hydrogen-bond donors (Lipinski definition) is 2. The number of aryl methyl sites for hydroxylation is 1. The van der Waals surface area contributed by atoms with Crippen LogP contribution in [-0.2, 0) is 17.9 Å². The molecule has 3 aromatic carbocycles. The fourth-order valence-corrected chi connectivity index (χ4v) is 2.84. The summed E-state index contributed by atoms with van der Waals surface area (Å²) in [4.78, 5) is 12.1. The van der Waals surface area contributed by atoms with Gasteiger partial charge in [0.1, 0.15) is 12.4 Å². The van der Waals surface area contributed by atoms with E-state index >= 15 is 0 Å². The molecule has 3 aromatic rings. The topological polar surface area (TPSA) is 74.2 Å². The lowest BCUT2D eigenvalue weighted by molar-refractivity contribution is -0.119. The zero-order chi connectivity index (χ0) is 20.5. The average molecular weight is 385 g/mol. The van der Waals surface area contributed by atoms with E-state index < -0.39 is 0 Å². The molecule has 0 saturated heterocycles. The van der Waals surface area contributed by atoms with Crippen molar-refractivity contribution in [2.45, 2.75) is 20.1 Å². The van der Waals surface area contributed by atoms with Gasteiger partial charge in [-0.3, -0.25) is 4.79 Å². The lowest BCUT2D eigenvalue weighted by Gasteiger charge is -2.11. The molecule has 0 aliphatic rings. The van der Waals surface area contributed by atoms with Gasteiger partial charge >= 0.3 is 0 Å². The van der Waals surface area contributed by atoms with E-state index in [2.05, 4.69) is 16.7 Å². The summed E-state index contributed by atoms with van der Waals surface area (Å²) in [5.74, 6) is 0.616. The number of nitrogens with one attached hydrogen (secondary N) is 2. The van der Waals surface area contributed by atoms with E-state index in [9.17, 15) is 4.79 Å². The quantitative estimate of drug-likeness (QED) is 0.610. The summed E-state index contributed by atoms with van der Waals surface area (Å²) in [7, 11) is 0. The van der Waals surface area contributed by atoms with E-state index in [0.717, 1.165) is 22.4 Å². The Labute approximate surface area is 171 Å². The van der Waals surface area contributed by atoms with Gasteiger partial charge in [0.2, 0.25) is 5.91 Å². The standard InChI is InChI=1S/C24H23N3O2/c1-18-6-2-3-9-21(18)15-27-24(28)16-26-22-10-5-11-23(13-22)29-17-20-8-4-7-19(12-20)14-25/h2-13,26H,15-17H2,1H3,(H,27,28). The maximum Gasteiger partial charge on any atom is 0.239 e. The van der Waals surface area contributed by atoms with Crippen molar-refractivity contribution < 1.29 is 9.53 Å². The third kappa shape index (κ3) is 6.12. The largest absolute Gasteiger partial charge is 0.489 e. The van der Waals surface area contributed by atoms with Crippen LogP contribution in [0.25, 0.3) is 0 Å². The molecule has 0 spiro atoms. The van der Waals surface area contributed by atoms with E-state index in [4.69, 9.17) is 10.00 Å². The molecule has 0 bridgehead atoms. The number of hydrogen-bond acceptors (Lipinski definition) is 4. The third-order valence-corrected chi connectivity index (χ3v) is 4.49. The van der Waals surface area contributed by atoms with Gasteiger partial charge in [-0.05, 0) is 47.9 Å².